The van der Waals surface area contributed by atoms with Crippen LogP contribution in [-0.2, 0) is 0 Å². The van der Waals surface area contributed by atoms with E-state index in [1.165, 1.54) is 12.4 Å². The largest absolute Gasteiger partial charge is 0.436 e. The third-order valence-electron chi connectivity index (χ3n) is 2.58. The molecule has 0 amide bonds. The molecule has 0 atom stereocenters. The predicted molar refractivity (Wildman–Crippen MR) is 63.9 cm³/mol. The lowest BCUT2D eigenvalue weighted by molar-refractivity contribution is -0.384. The summed E-state index contributed by atoms with van der Waals surface area (Å²) in [6.45, 7) is 0. The van der Waals surface area contributed by atoms with Crippen molar-refractivity contribution in [1.29, 1.82) is 0 Å². The van der Waals surface area contributed by atoms with Gasteiger partial charge in [-0.3, -0.25) is 15.1 Å². The molecule has 0 N–H and O–H groups in total. The van der Waals surface area contributed by atoms with Crippen LogP contribution in [0.5, 0.6) is 0 Å². The predicted octanol–water partition coefficient (Wildman–Crippen LogP) is 2.94. The number of fused-ring (bicyclic) bond motifs is 1. The summed E-state index contributed by atoms with van der Waals surface area (Å²) in [5, 5.41) is 10.7. The molecule has 0 aliphatic rings. The van der Waals surface area contributed by atoms with Crippen molar-refractivity contribution in [3.8, 4) is 11.5 Å². The number of nitro benzene ring substituents is 1. The van der Waals surface area contributed by atoms with Crippen molar-refractivity contribution < 1.29 is 13.7 Å². The maximum Gasteiger partial charge on any atom is 0.270 e. The standard InChI is InChI=1S/C12H6FN3O3/c13-9-2-1-7(16(17)18)5-8(9)12-15-10-6-14-4-3-11(10)19-12/h1-6H. The first-order valence-corrected chi connectivity index (χ1v) is 5.30. The summed E-state index contributed by atoms with van der Waals surface area (Å²) in [5.41, 5.74) is 0.626. The molecule has 6 nitrogen and oxygen atoms in total. The second-order valence-corrected chi connectivity index (χ2v) is 3.78. The molecule has 94 valence electrons. The van der Waals surface area contributed by atoms with Gasteiger partial charge in [-0.1, -0.05) is 0 Å². The average molecular weight is 259 g/mol. The van der Waals surface area contributed by atoms with Crippen molar-refractivity contribution >= 4 is 16.8 Å². The molecule has 3 rings (SSSR count). The molecule has 0 unspecified atom stereocenters. The molecule has 0 spiro atoms. The fraction of sp³-hybridized carbons (Fsp3) is 0. The van der Waals surface area contributed by atoms with E-state index >= 15 is 0 Å². The van der Waals surface area contributed by atoms with E-state index in [2.05, 4.69) is 9.97 Å². The topological polar surface area (TPSA) is 82.1 Å². The highest BCUT2D eigenvalue weighted by atomic mass is 19.1. The fourth-order valence-electron chi connectivity index (χ4n) is 1.69. The number of benzene rings is 1. The Morgan fingerprint density at radius 2 is 2.16 bits per heavy atom. The maximum absolute atomic E-state index is 13.7. The van der Waals surface area contributed by atoms with Crippen LogP contribution in [0.2, 0.25) is 0 Å². The van der Waals surface area contributed by atoms with Crippen LogP contribution in [0.1, 0.15) is 0 Å². The van der Waals surface area contributed by atoms with Crippen LogP contribution in [0, 0.1) is 15.9 Å². The summed E-state index contributed by atoms with van der Waals surface area (Å²) in [7, 11) is 0. The number of hydrogen-bond acceptors (Lipinski definition) is 5. The lowest BCUT2D eigenvalue weighted by atomic mass is 10.2. The molecule has 3 aromatic rings. The zero-order chi connectivity index (χ0) is 13.4. The van der Waals surface area contributed by atoms with Crippen molar-refractivity contribution in [3.63, 3.8) is 0 Å². The van der Waals surface area contributed by atoms with E-state index in [1.54, 1.807) is 6.07 Å². The Morgan fingerprint density at radius 3 is 2.89 bits per heavy atom. The van der Waals surface area contributed by atoms with Gasteiger partial charge in [0.25, 0.3) is 5.69 Å². The van der Waals surface area contributed by atoms with Gasteiger partial charge in [0.2, 0.25) is 5.89 Å². The van der Waals surface area contributed by atoms with Crippen LogP contribution in [0.15, 0.2) is 41.1 Å². The highest BCUT2D eigenvalue weighted by Crippen LogP contribution is 2.28. The molecule has 0 radical (unpaired) electrons. The van der Waals surface area contributed by atoms with Crippen LogP contribution >= 0.6 is 0 Å². The Bertz CT molecular complexity index is 752. The highest BCUT2D eigenvalue weighted by Gasteiger charge is 2.17. The summed E-state index contributed by atoms with van der Waals surface area (Å²) < 4.78 is 19.1. The minimum atomic E-state index is -0.634. The van der Waals surface area contributed by atoms with E-state index in [9.17, 15) is 14.5 Å². The summed E-state index contributed by atoms with van der Waals surface area (Å²) in [5.74, 6) is -0.644. The third-order valence-corrected chi connectivity index (χ3v) is 2.58. The smallest absolute Gasteiger partial charge is 0.270 e. The van der Waals surface area contributed by atoms with Crippen molar-refractivity contribution in [2.24, 2.45) is 0 Å². The average Bonchev–Trinajstić information content (AvgIpc) is 2.82. The van der Waals surface area contributed by atoms with Crippen LogP contribution < -0.4 is 0 Å². The molecule has 1 aromatic carbocycles. The quantitative estimate of drug-likeness (QED) is 0.522. The lowest BCUT2D eigenvalue weighted by Gasteiger charge is -1.97. The number of pyridine rings is 1. The number of halogens is 1. The fourth-order valence-corrected chi connectivity index (χ4v) is 1.69. The van der Waals surface area contributed by atoms with Crippen molar-refractivity contribution in [2.45, 2.75) is 0 Å². The van der Waals surface area contributed by atoms with Gasteiger partial charge in [0, 0.05) is 24.4 Å². The number of rotatable bonds is 2. The summed E-state index contributed by atoms with van der Waals surface area (Å²) in [6.07, 6.45) is 2.98. The minimum absolute atomic E-state index is 0.01000. The van der Waals surface area contributed by atoms with E-state index in [-0.39, 0.29) is 17.1 Å². The molecule has 0 saturated carbocycles. The van der Waals surface area contributed by atoms with E-state index in [1.807, 2.05) is 0 Å². The first-order valence-electron chi connectivity index (χ1n) is 5.30. The Kier molecular flexibility index (Phi) is 2.45. The van der Waals surface area contributed by atoms with Gasteiger partial charge in [-0.05, 0) is 6.07 Å². The van der Waals surface area contributed by atoms with Gasteiger partial charge in [-0.2, -0.15) is 0 Å². The zero-order valence-electron chi connectivity index (χ0n) is 9.41. The first-order chi connectivity index (χ1) is 9.15. The highest BCUT2D eigenvalue weighted by molar-refractivity contribution is 5.75. The number of aromatic nitrogens is 2. The van der Waals surface area contributed by atoms with Gasteiger partial charge in [0.1, 0.15) is 11.3 Å². The molecule has 0 bridgehead atoms. The molecule has 0 fully saturated rings. The summed E-state index contributed by atoms with van der Waals surface area (Å²) in [6, 6.07) is 4.78. The van der Waals surface area contributed by atoms with Crippen molar-refractivity contribution in [3.05, 3.63) is 52.6 Å². The molecule has 2 heterocycles. The Balaban J connectivity index is 2.20. The van der Waals surface area contributed by atoms with Crippen LogP contribution in [0.25, 0.3) is 22.6 Å². The molecule has 19 heavy (non-hydrogen) atoms. The molecule has 2 aromatic heterocycles. The number of hydrogen-bond donors (Lipinski definition) is 0. The molecular weight excluding hydrogens is 253 g/mol. The monoisotopic (exact) mass is 259 g/mol. The van der Waals surface area contributed by atoms with E-state index in [4.69, 9.17) is 4.42 Å². The zero-order valence-corrected chi connectivity index (χ0v) is 9.41. The van der Waals surface area contributed by atoms with Crippen LogP contribution in [0.3, 0.4) is 0 Å². The molecule has 0 saturated heterocycles. The van der Waals surface area contributed by atoms with E-state index in [0.29, 0.717) is 11.1 Å². The molecule has 0 aliphatic carbocycles. The van der Waals surface area contributed by atoms with E-state index in [0.717, 1.165) is 18.2 Å². The number of nitrogens with zero attached hydrogens (tertiary/aromatic N) is 3. The normalized spacial score (nSPS) is 10.8. The third kappa shape index (κ3) is 1.90. The van der Waals surface area contributed by atoms with Gasteiger partial charge in [-0.15, -0.1) is 0 Å². The Hall–Kier alpha value is -2.83. The second kappa shape index (κ2) is 4.13. The summed E-state index contributed by atoms with van der Waals surface area (Å²) in [4.78, 5) is 18.0. The van der Waals surface area contributed by atoms with Gasteiger partial charge in [0.15, 0.2) is 5.58 Å². The minimum Gasteiger partial charge on any atom is -0.436 e. The van der Waals surface area contributed by atoms with Crippen molar-refractivity contribution in [2.75, 3.05) is 0 Å². The van der Waals surface area contributed by atoms with Crippen LogP contribution in [-0.4, -0.2) is 14.9 Å². The second-order valence-electron chi connectivity index (χ2n) is 3.78. The summed E-state index contributed by atoms with van der Waals surface area (Å²) >= 11 is 0. The molecule has 0 aliphatic heterocycles. The molecular formula is C12H6FN3O3. The maximum atomic E-state index is 13.7. The number of nitro groups is 1. The number of oxazole rings is 1. The Labute approximate surface area is 105 Å². The van der Waals surface area contributed by atoms with Crippen LogP contribution in [0.4, 0.5) is 10.1 Å². The first kappa shape index (κ1) is 11.3. The lowest BCUT2D eigenvalue weighted by Crippen LogP contribution is -1.91. The number of non-ortho nitro benzene ring substituents is 1. The SMILES string of the molecule is O=[N+]([O-])c1ccc(F)c(-c2nc3cnccc3o2)c1. The van der Waals surface area contributed by atoms with Gasteiger partial charge >= 0.3 is 0 Å². The molecule has 7 heteroatoms. The van der Waals surface area contributed by atoms with Gasteiger partial charge < -0.3 is 4.42 Å². The van der Waals surface area contributed by atoms with Gasteiger partial charge in [-0.25, -0.2) is 9.37 Å². The Morgan fingerprint density at radius 1 is 1.32 bits per heavy atom. The van der Waals surface area contributed by atoms with E-state index < -0.39 is 10.7 Å². The van der Waals surface area contributed by atoms with Crippen molar-refractivity contribution in [1.82, 2.24) is 9.97 Å². The van der Waals surface area contributed by atoms with Gasteiger partial charge in [0.05, 0.1) is 16.7 Å².